The lowest BCUT2D eigenvalue weighted by Crippen LogP contribution is -2.31. The summed E-state index contributed by atoms with van der Waals surface area (Å²) >= 11 is 0. The molecule has 0 saturated carbocycles. The van der Waals surface area contributed by atoms with Crippen LogP contribution < -0.4 is 0 Å². The molecule has 16 heavy (non-hydrogen) atoms. The van der Waals surface area contributed by atoms with Gasteiger partial charge >= 0.3 is 7.12 Å². The molecule has 0 spiro atoms. The summed E-state index contributed by atoms with van der Waals surface area (Å²) in [6.45, 7) is 5.62. The number of hydrogen-bond donors (Lipinski definition) is 2. The fraction of sp³-hybridized carbons (Fsp3) is 1.00. The molecular formula is C11H25BClNO2. The molecule has 1 unspecified atom stereocenters. The van der Waals surface area contributed by atoms with Gasteiger partial charge in [0.1, 0.15) is 0 Å². The van der Waals surface area contributed by atoms with Crippen LogP contribution in [0.5, 0.6) is 0 Å². The van der Waals surface area contributed by atoms with Gasteiger partial charge in [0.05, 0.1) is 0 Å². The second-order valence-corrected chi connectivity index (χ2v) is 4.63. The zero-order chi connectivity index (χ0) is 11.1. The number of rotatable bonds is 6. The van der Waals surface area contributed by atoms with Gasteiger partial charge < -0.3 is 14.9 Å². The molecule has 1 aliphatic heterocycles. The predicted molar refractivity (Wildman–Crippen MR) is 71.0 cm³/mol. The molecule has 1 aliphatic rings. The largest absolute Gasteiger partial charge is 0.454 e. The number of piperidine rings is 1. The zero-order valence-electron chi connectivity index (χ0n) is 10.3. The van der Waals surface area contributed by atoms with Crippen molar-refractivity contribution in [1.82, 2.24) is 4.90 Å². The average molecular weight is 250 g/mol. The summed E-state index contributed by atoms with van der Waals surface area (Å²) in [5, 5.41) is 18.2. The van der Waals surface area contributed by atoms with Crippen LogP contribution in [0.2, 0.25) is 5.82 Å². The van der Waals surface area contributed by atoms with Crippen LogP contribution in [0.25, 0.3) is 0 Å². The summed E-state index contributed by atoms with van der Waals surface area (Å²) in [6, 6.07) is 0. The van der Waals surface area contributed by atoms with Crippen molar-refractivity contribution in [1.29, 1.82) is 0 Å². The van der Waals surface area contributed by atoms with E-state index < -0.39 is 7.12 Å². The fourth-order valence-electron chi connectivity index (χ4n) is 2.32. The summed E-state index contributed by atoms with van der Waals surface area (Å²) in [6.07, 6.45) is 6.93. The van der Waals surface area contributed by atoms with Crippen molar-refractivity contribution in [2.45, 2.75) is 51.3 Å². The number of nitrogens with zero attached hydrogens (tertiary/aromatic N) is 1. The van der Waals surface area contributed by atoms with E-state index in [1.807, 2.05) is 6.92 Å². The van der Waals surface area contributed by atoms with Gasteiger partial charge in [-0.05, 0) is 44.7 Å². The number of hydrogen-bond acceptors (Lipinski definition) is 3. The van der Waals surface area contributed by atoms with E-state index >= 15 is 0 Å². The smallest absolute Gasteiger partial charge is 0.427 e. The third-order valence-electron chi connectivity index (χ3n) is 3.44. The molecule has 1 saturated heterocycles. The quantitative estimate of drug-likeness (QED) is 0.707. The molecular weight excluding hydrogens is 224 g/mol. The Bertz CT molecular complexity index is 166. The highest BCUT2D eigenvalue weighted by Gasteiger charge is 2.21. The molecule has 5 heteroatoms. The molecule has 96 valence electrons. The SMILES string of the molecule is CCC(CCCN1CCCCC1)B(O)O.Cl. The average Bonchev–Trinajstić information content (AvgIpc) is 2.25. The third-order valence-corrected chi connectivity index (χ3v) is 3.44. The highest BCUT2D eigenvalue weighted by molar-refractivity contribution is 6.43. The van der Waals surface area contributed by atoms with Gasteiger partial charge in [-0.2, -0.15) is 0 Å². The first-order chi connectivity index (χ1) is 7.24. The summed E-state index contributed by atoms with van der Waals surface area (Å²) < 4.78 is 0. The van der Waals surface area contributed by atoms with Crippen molar-refractivity contribution in [2.75, 3.05) is 19.6 Å². The van der Waals surface area contributed by atoms with E-state index in [1.54, 1.807) is 0 Å². The molecule has 1 atom stereocenters. The maximum absolute atomic E-state index is 9.09. The molecule has 1 heterocycles. The van der Waals surface area contributed by atoms with Gasteiger partial charge in [0.15, 0.2) is 0 Å². The molecule has 2 N–H and O–H groups in total. The lowest BCUT2D eigenvalue weighted by molar-refractivity contribution is 0.223. The minimum absolute atomic E-state index is 0. The second-order valence-electron chi connectivity index (χ2n) is 4.63. The summed E-state index contributed by atoms with van der Waals surface area (Å²) in [5.74, 6) is 0.0646. The van der Waals surface area contributed by atoms with Crippen molar-refractivity contribution in [3.8, 4) is 0 Å². The van der Waals surface area contributed by atoms with Crippen molar-refractivity contribution in [3.05, 3.63) is 0 Å². The Morgan fingerprint density at radius 2 is 1.81 bits per heavy atom. The highest BCUT2D eigenvalue weighted by Crippen LogP contribution is 2.19. The van der Waals surface area contributed by atoms with Crippen LogP contribution in [-0.4, -0.2) is 41.7 Å². The van der Waals surface area contributed by atoms with Crippen LogP contribution in [0.3, 0.4) is 0 Å². The molecule has 0 bridgehead atoms. The Morgan fingerprint density at radius 3 is 2.31 bits per heavy atom. The van der Waals surface area contributed by atoms with Crippen molar-refractivity contribution < 1.29 is 10.0 Å². The maximum Gasteiger partial charge on any atom is 0.454 e. The molecule has 1 rings (SSSR count). The second kappa shape index (κ2) is 9.28. The molecule has 0 aliphatic carbocycles. The zero-order valence-corrected chi connectivity index (χ0v) is 11.1. The van der Waals surface area contributed by atoms with Crippen molar-refractivity contribution in [2.24, 2.45) is 0 Å². The van der Waals surface area contributed by atoms with Gasteiger partial charge in [0, 0.05) is 0 Å². The molecule has 0 amide bonds. The van der Waals surface area contributed by atoms with E-state index in [1.165, 1.54) is 32.4 Å². The standard InChI is InChI=1S/C11H24BNO2.ClH/c1-2-11(12(14)15)7-6-10-13-8-4-3-5-9-13;/h11,14-15H,2-10H2,1H3;1H. The highest BCUT2D eigenvalue weighted by atomic mass is 35.5. The Hall–Kier alpha value is 0.235. The van der Waals surface area contributed by atoms with Gasteiger partial charge in [-0.3, -0.25) is 0 Å². The van der Waals surface area contributed by atoms with E-state index in [0.29, 0.717) is 0 Å². The van der Waals surface area contributed by atoms with Crippen LogP contribution in [0.1, 0.15) is 45.4 Å². The van der Waals surface area contributed by atoms with Gasteiger partial charge in [0.2, 0.25) is 0 Å². The number of halogens is 1. The van der Waals surface area contributed by atoms with Crippen molar-refractivity contribution in [3.63, 3.8) is 0 Å². The van der Waals surface area contributed by atoms with Crippen LogP contribution in [0.15, 0.2) is 0 Å². The Kier molecular flexibility index (Phi) is 9.42. The van der Waals surface area contributed by atoms with E-state index in [4.69, 9.17) is 10.0 Å². The normalized spacial score (nSPS) is 18.9. The first kappa shape index (κ1) is 16.2. The molecule has 1 fully saturated rings. The summed E-state index contributed by atoms with van der Waals surface area (Å²) in [7, 11) is -1.13. The molecule has 0 aromatic heterocycles. The van der Waals surface area contributed by atoms with Crippen LogP contribution in [0, 0.1) is 0 Å². The summed E-state index contributed by atoms with van der Waals surface area (Å²) in [5.41, 5.74) is 0. The Balaban J connectivity index is 0.00000225. The molecule has 3 nitrogen and oxygen atoms in total. The predicted octanol–water partition coefficient (Wildman–Crippen LogP) is 1.93. The van der Waals surface area contributed by atoms with Gasteiger partial charge in [0.25, 0.3) is 0 Å². The van der Waals surface area contributed by atoms with E-state index in [2.05, 4.69) is 4.90 Å². The van der Waals surface area contributed by atoms with Gasteiger partial charge in [-0.25, -0.2) is 0 Å². The van der Waals surface area contributed by atoms with Gasteiger partial charge in [-0.1, -0.05) is 26.2 Å². The Labute approximate surface area is 106 Å². The minimum atomic E-state index is -1.13. The first-order valence-corrected chi connectivity index (χ1v) is 6.32. The van der Waals surface area contributed by atoms with Gasteiger partial charge in [-0.15, -0.1) is 12.4 Å². The van der Waals surface area contributed by atoms with Crippen LogP contribution in [0.4, 0.5) is 0 Å². The Morgan fingerprint density at radius 1 is 1.19 bits per heavy atom. The topological polar surface area (TPSA) is 43.7 Å². The third kappa shape index (κ3) is 6.09. The minimum Gasteiger partial charge on any atom is -0.427 e. The monoisotopic (exact) mass is 249 g/mol. The molecule has 0 aromatic rings. The van der Waals surface area contributed by atoms with E-state index in [9.17, 15) is 0 Å². The van der Waals surface area contributed by atoms with Crippen molar-refractivity contribution >= 4 is 19.5 Å². The van der Waals surface area contributed by atoms with E-state index in [0.717, 1.165) is 25.8 Å². The summed E-state index contributed by atoms with van der Waals surface area (Å²) in [4.78, 5) is 2.50. The lowest BCUT2D eigenvalue weighted by Gasteiger charge is -2.26. The van der Waals surface area contributed by atoms with E-state index in [-0.39, 0.29) is 18.2 Å². The number of likely N-dealkylation sites (tertiary alicyclic amines) is 1. The fourth-order valence-corrected chi connectivity index (χ4v) is 2.32. The lowest BCUT2D eigenvalue weighted by atomic mass is 9.69. The molecule has 0 radical (unpaired) electrons. The van der Waals surface area contributed by atoms with Crippen LogP contribution >= 0.6 is 12.4 Å². The molecule has 0 aromatic carbocycles. The van der Waals surface area contributed by atoms with Crippen LogP contribution in [-0.2, 0) is 0 Å². The first-order valence-electron chi connectivity index (χ1n) is 6.32. The maximum atomic E-state index is 9.09.